The van der Waals surface area contributed by atoms with Gasteiger partial charge in [-0.25, -0.2) is 5.84 Å². The van der Waals surface area contributed by atoms with Crippen molar-refractivity contribution in [2.24, 2.45) is 5.84 Å². The van der Waals surface area contributed by atoms with Crippen LogP contribution >= 0.6 is 0 Å². The SMILES string of the molecule is NNc1[nH]cc2ccccc12. The topological polar surface area (TPSA) is 53.8 Å². The van der Waals surface area contributed by atoms with Crippen molar-refractivity contribution in [2.45, 2.75) is 0 Å². The summed E-state index contributed by atoms with van der Waals surface area (Å²) in [4.78, 5) is 3.03. The van der Waals surface area contributed by atoms with Crippen molar-refractivity contribution in [3.05, 3.63) is 30.5 Å². The molecule has 0 saturated carbocycles. The predicted octanol–water partition coefficient (Wildman–Crippen LogP) is 1.45. The van der Waals surface area contributed by atoms with E-state index < -0.39 is 0 Å². The summed E-state index contributed by atoms with van der Waals surface area (Å²) in [7, 11) is 0. The van der Waals surface area contributed by atoms with E-state index in [4.69, 9.17) is 5.84 Å². The summed E-state index contributed by atoms with van der Waals surface area (Å²) in [5.41, 5.74) is 2.59. The normalized spacial score (nSPS) is 10.3. The molecular formula is C8H9N3. The van der Waals surface area contributed by atoms with Gasteiger partial charge in [-0.2, -0.15) is 0 Å². The van der Waals surface area contributed by atoms with Crippen LogP contribution in [0.2, 0.25) is 0 Å². The van der Waals surface area contributed by atoms with Crippen LogP contribution in [0.3, 0.4) is 0 Å². The molecule has 56 valence electrons. The lowest BCUT2D eigenvalue weighted by Crippen LogP contribution is -2.06. The molecular weight excluding hydrogens is 138 g/mol. The molecule has 0 aliphatic rings. The van der Waals surface area contributed by atoms with Gasteiger partial charge >= 0.3 is 0 Å². The summed E-state index contributed by atoms with van der Waals surface area (Å²) < 4.78 is 0. The molecule has 3 heteroatoms. The van der Waals surface area contributed by atoms with Crippen LogP contribution in [0.15, 0.2) is 30.5 Å². The Morgan fingerprint density at radius 2 is 2.09 bits per heavy atom. The molecule has 4 N–H and O–H groups in total. The summed E-state index contributed by atoms with van der Waals surface area (Å²) in [6, 6.07) is 8.03. The number of hydrazine groups is 1. The number of benzene rings is 1. The number of hydrogen-bond acceptors (Lipinski definition) is 2. The van der Waals surface area contributed by atoms with Gasteiger partial charge < -0.3 is 10.4 Å². The second-order valence-corrected chi connectivity index (χ2v) is 2.40. The molecule has 1 aromatic heterocycles. The second-order valence-electron chi connectivity index (χ2n) is 2.40. The molecule has 0 spiro atoms. The number of anilines is 1. The Labute approximate surface area is 64.2 Å². The number of hydrogen-bond donors (Lipinski definition) is 3. The first-order valence-electron chi connectivity index (χ1n) is 3.44. The third-order valence-corrected chi connectivity index (χ3v) is 1.75. The molecule has 0 aliphatic heterocycles. The van der Waals surface area contributed by atoms with Crippen molar-refractivity contribution in [3.8, 4) is 0 Å². The number of aromatic nitrogens is 1. The van der Waals surface area contributed by atoms with Crippen molar-refractivity contribution in [1.29, 1.82) is 0 Å². The Kier molecular flexibility index (Phi) is 1.30. The minimum atomic E-state index is 0.862. The minimum absolute atomic E-state index is 0.862. The maximum absolute atomic E-state index is 5.28. The maximum atomic E-state index is 5.28. The molecule has 0 saturated heterocycles. The Morgan fingerprint density at radius 3 is 2.91 bits per heavy atom. The van der Waals surface area contributed by atoms with Crippen molar-refractivity contribution in [3.63, 3.8) is 0 Å². The fraction of sp³-hybridized carbons (Fsp3) is 0. The Balaban J connectivity index is 2.76. The highest BCUT2D eigenvalue weighted by Gasteiger charge is 1.98. The van der Waals surface area contributed by atoms with Crippen molar-refractivity contribution in [1.82, 2.24) is 4.98 Å². The number of fused-ring (bicyclic) bond motifs is 1. The van der Waals surface area contributed by atoms with E-state index >= 15 is 0 Å². The molecule has 1 heterocycles. The first-order valence-corrected chi connectivity index (χ1v) is 3.44. The Morgan fingerprint density at radius 1 is 1.27 bits per heavy atom. The predicted molar refractivity (Wildman–Crippen MR) is 46.1 cm³/mol. The van der Waals surface area contributed by atoms with E-state index in [-0.39, 0.29) is 0 Å². The van der Waals surface area contributed by atoms with E-state index in [0.29, 0.717) is 0 Å². The van der Waals surface area contributed by atoms with Gasteiger partial charge in [0, 0.05) is 17.0 Å². The van der Waals surface area contributed by atoms with Crippen molar-refractivity contribution < 1.29 is 0 Å². The maximum Gasteiger partial charge on any atom is 0.125 e. The average Bonchev–Trinajstić information content (AvgIpc) is 2.47. The summed E-state index contributed by atoms with van der Waals surface area (Å²) in [6.07, 6.45) is 1.92. The van der Waals surface area contributed by atoms with Gasteiger partial charge in [-0.05, 0) is 0 Å². The number of nitrogens with one attached hydrogen (secondary N) is 2. The highest BCUT2D eigenvalue weighted by Crippen LogP contribution is 2.20. The molecule has 3 nitrogen and oxygen atoms in total. The molecule has 2 rings (SSSR count). The van der Waals surface area contributed by atoms with E-state index in [9.17, 15) is 0 Å². The van der Waals surface area contributed by atoms with Gasteiger partial charge in [-0.3, -0.25) is 0 Å². The van der Waals surface area contributed by atoms with Crippen LogP contribution in [0.25, 0.3) is 10.8 Å². The average molecular weight is 147 g/mol. The number of rotatable bonds is 1. The van der Waals surface area contributed by atoms with Gasteiger partial charge in [-0.15, -0.1) is 0 Å². The van der Waals surface area contributed by atoms with Crippen LogP contribution in [-0.2, 0) is 0 Å². The smallest absolute Gasteiger partial charge is 0.125 e. The fourth-order valence-electron chi connectivity index (χ4n) is 1.20. The molecule has 0 atom stereocenters. The summed E-state index contributed by atoms with van der Waals surface area (Å²) in [5.74, 6) is 6.14. The summed E-state index contributed by atoms with van der Waals surface area (Å²) >= 11 is 0. The molecule has 2 aromatic rings. The van der Waals surface area contributed by atoms with Crippen molar-refractivity contribution in [2.75, 3.05) is 5.43 Å². The third kappa shape index (κ3) is 0.860. The van der Waals surface area contributed by atoms with E-state index in [0.717, 1.165) is 11.2 Å². The van der Waals surface area contributed by atoms with Gasteiger partial charge in [0.25, 0.3) is 0 Å². The standard InChI is InChI=1S/C8H9N3/c9-11-8-7-4-2-1-3-6(7)5-10-8/h1-5,10-11H,9H2. The van der Waals surface area contributed by atoms with E-state index in [1.54, 1.807) is 0 Å². The van der Waals surface area contributed by atoms with Crippen LogP contribution in [0.4, 0.5) is 5.82 Å². The van der Waals surface area contributed by atoms with E-state index in [1.807, 2.05) is 30.5 Å². The number of aromatic amines is 1. The summed E-state index contributed by atoms with van der Waals surface area (Å²) in [6.45, 7) is 0. The van der Waals surface area contributed by atoms with Crippen LogP contribution in [0.5, 0.6) is 0 Å². The van der Waals surface area contributed by atoms with Gasteiger partial charge in [0.1, 0.15) is 5.82 Å². The quantitative estimate of drug-likeness (QED) is 0.422. The van der Waals surface area contributed by atoms with Crippen LogP contribution in [-0.4, -0.2) is 4.98 Å². The van der Waals surface area contributed by atoms with Gasteiger partial charge in [0.05, 0.1) is 0 Å². The molecule has 0 unspecified atom stereocenters. The molecule has 0 radical (unpaired) electrons. The number of nitrogens with two attached hydrogens (primary N) is 1. The lowest BCUT2D eigenvalue weighted by atomic mass is 10.2. The first kappa shape index (κ1) is 6.24. The zero-order chi connectivity index (χ0) is 7.68. The van der Waals surface area contributed by atoms with Crippen LogP contribution in [0, 0.1) is 0 Å². The lowest BCUT2D eigenvalue weighted by molar-refractivity contribution is 1.28. The third-order valence-electron chi connectivity index (χ3n) is 1.75. The van der Waals surface area contributed by atoms with E-state index in [1.165, 1.54) is 5.39 Å². The number of H-pyrrole nitrogens is 1. The number of nitrogen functional groups attached to an aromatic ring is 1. The zero-order valence-corrected chi connectivity index (χ0v) is 5.96. The Bertz CT molecular complexity index is 364. The molecule has 0 amide bonds. The van der Waals surface area contributed by atoms with Crippen LogP contribution in [0.1, 0.15) is 0 Å². The van der Waals surface area contributed by atoms with Crippen LogP contribution < -0.4 is 11.3 Å². The zero-order valence-electron chi connectivity index (χ0n) is 5.96. The highest BCUT2D eigenvalue weighted by molar-refractivity contribution is 5.92. The molecule has 0 fully saturated rings. The summed E-state index contributed by atoms with van der Waals surface area (Å²) in [5, 5.41) is 2.29. The molecule has 0 bridgehead atoms. The first-order chi connectivity index (χ1) is 5.42. The monoisotopic (exact) mass is 147 g/mol. The molecule has 11 heavy (non-hydrogen) atoms. The van der Waals surface area contributed by atoms with E-state index in [2.05, 4.69) is 10.4 Å². The molecule has 1 aromatic carbocycles. The fourth-order valence-corrected chi connectivity index (χ4v) is 1.20. The largest absolute Gasteiger partial charge is 0.346 e. The minimum Gasteiger partial charge on any atom is -0.346 e. The Hall–Kier alpha value is -1.48. The highest BCUT2D eigenvalue weighted by atomic mass is 15.2. The van der Waals surface area contributed by atoms with Gasteiger partial charge in [-0.1, -0.05) is 24.3 Å². The van der Waals surface area contributed by atoms with Gasteiger partial charge in [0.2, 0.25) is 0 Å². The second kappa shape index (κ2) is 2.29. The van der Waals surface area contributed by atoms with Crippen molar-refractivity contribution >= 4 is 16.6 Å². The van der Waals surface area contributed by atoms with Gasteiger partial charge in [0.15, 0.2) is 0 Å². The molecule has 0 aliphatic carbocycles. The lowest BCUT2D eigenvalue weighted by Gasteiger charge is -1.94.